The molecule has 0 aromatic heterocycles. The van der Waals surface area contributed by atoms with Crippen LogP contribution in [-0.4, -0.2) is 37.2 Å². The minimum Gasteiger partial charge on any atom is -0.462 e. The van der Waals surface area contributed by atoms with Crippen molar-refractivity contribution in [3.63, 3.8) is 0 Å². The van der Waals surface area contributed by atoms with Crippen molar-refractivity contribution < 1.29 is 28.6 Å². The molecule has 1 atom stereocenters. The predicted molar refractivity (Wildman–Crippen MR) is 265 cm³/mol. The SMILES string of the molecule is CC/C=C\C/C=C\C/C=C\C/C=C\CCCCC(=O)OC[C@H](COC(=O)CCCCCC/C=C\C/C=C\C/C=C\CCCCC)OC(=O)CCCCCCCCCCCCCC. The number of rotatable bonds is 45. The van der Waals surface area contributed by atoms with Crippen molar-refractivity contribution in [1.29, 1.82) is 0 Å². The molecule has 0 heterocycles. The summed E-state index contributed by atoms with van der Waals surface area (Å²) in [5.74, 6) is -0.963. The summed E-state index contributed by atoms with van der Waals surface area (Å²) in [7, 11) is 0. The zero-order valence-corrected chi connectivity index (χ0v) is 40.4. The highest BCUT2D eigenvalue weighted by Crippen LogP contribution is 2.14. The van der Waals surface area contributed by atoms with Gasteiger partial charge in [-0.15, -0.1) is 0 Å². The number of hydrogen-bond acceptors (Lipinski definition) is 6. The molecule has 0 aliphatic heterocycles. The van der Waals surface area contributed by atoms with E-state index in [0.717, 1.165) is 109 Å². The smallest absolute Gasteiger partial charge is 0.306 e. The van der Waals surface area contributed by atoms with E-state index in [9.17, 15) is 14.4 Å². The van der Waals surface area contributed by atoms with Crippen LogP contribution in [0, 0.1) is 0 Å². The third-order valence-corrected chi connectivity index (χ3v) is 10.6. The molecule has 0 aliphatic carbocycles. The first kappa shape index (κ1) is 58.6. The molecule has 0 fully saturated rings. The van der Waals surface area contributed by atoms with Crippen molar-refractivity contribution in [3.05, 3.63) is 85.1 Å². The Hall–Kier alpha value is -3.41. The highest BCUT2D eigenvalue weighted by Gasteiger charge is 2.19. The van der Waals surface area contributed by atoms with Gasteiger partial charge < -0.3 is 14.2 Å². The summed E-state index contributed by atoms with van der Waals surface area (Å²) in [5.41, 5.74) is 0. The van der Waals surface area contributed by atoms with E-state index in [4.69, 9.17) is 14.2 Å². The molecule has 0 aliphatic rings. The lowest BCUT2D eigenvalue weighted by molar-refractivity contribution is -0.167. The van der Waals surface area contributed by atoms with Crippen LogP contribution in [0.5, 0.6) is 0 Å². The molecule has 0 unspecified atom stereocenters. The fraction of sp³-hybridized carbons (Fsp3) is 0.696. The second kappa shape index (κ2) is 50.2. The van der Waals surface area contributed by atoms with Gasteiger partial charge in [-0.05, 0) is 96.3 Å². The second-order valence-electron chi connectivity index (χ2n) is 16.7. The highest BCUT2D eigenvalue weighted by atomic mass is 16.6. The average molecular weight is 863 g/mol. The molecule has 0 rings (SSSR count). The first-order valence-corrected chi connectivity index (χ1v) is 25.6. The summed E-state index contributed by atoms with van der Waals surface area (Å²) >= 11 is 0. The zero-order chi connectivity index (χ0) is 45.1. The molecule has 0 amide bonds. The Bertz CT molecular complexity index is 1220. The van der Waals surface area contributed by atoms with Crippen LogP contribution in [0.3, 0.4) is 0 Å². The topological polar surface area (TPSA) is 78.9 Å². The number of unbranched alkanes of at least 4 members (excludes halogenated alkanes) is 20. The molecule has 0 aromatic rings. The fourth-order valence-corrected chi connectivity index (χ4v) is 6.79. The number of esters is 3. The Balaban J connectivity index is 4.47. The summed E-state index contributed by atoms with van der Waals surface area (Å²) in [5, 5.41) is 0. The Morgan fingerprint density at radius 3 is 1.05 bits per heavy atom. The van der Waals surface area contributed by atoms with Crippen LogP contribution >= 0.6 is 0 Å². The molecule has 62 heavy (non-hydrogen) atoms. The summed E-state index contributed by atoms with van der Waals surface area (Å²) < 4.78 is 16.7. The molecule has 354 valence electrons. The van der Waals surface area contributed by atoms with Crippen LogP contribution in [0.25, 0.3) is 0 Å². The molecule has 0 spiro atoms. The highest BCUT2D eigenvalue weighted by molar-refractivity contribution is 5.71. The number of allylic oxidation sites excluding steroid dienone is 14. The lowest BCUT2D eigenvalue weighted by atomic mass is 10.0. The van der Waals surface area contributed by atoms with Gasteiger partial charge in [-0.25, -0.2) is 0 Å². The lowest BCUT2D eigenvalue weighted by Crippen LogP contribution is -2.30. The van der Waals surface area contributed by atoms with Crippen molar-refractivity contribution in [3.8, 4) is 0 Å². The molecular formula is C56H94O6. The summed E-state index contributed by atoms with van der Waals surface area (Å²) in [6.45, 7) is 6.43. The van der Waals surface area contributed by atoms with E-state index in [1.54, 1.807) is 0 Å². The summed E-state index contributed by atoms with van der Waals surface area (Å²) in [6.07, 6.45) is 64.2. The van der Waals surface area contributed by atoms with Gasteiger partial charge in [-0.1, -0.05) is 202 Å². The Morgan fingerprint density at radius 2 is 0.629 bits per heavy atom. The first-order chi connectivity index (χ1) is 30.5. The molecule has 0 aromatic carbocycles. The summed E-state index contributed by atoms with van der Waals surface area (Å²) in [6, 6.07) is 0. The van der Waals surface area contributed by atoms with Gasteiger partial charge >= 0.3 is 17.9 Å². The van der Waals surface area contributed by atoms with Gasteiger partial charge in [0, 0.05) is 19.3 Å². The Labute approximate surface area is 382 Å². The van der Waals surface area contributed by atoms with Crippen molar-refractivity contribution in [2.45, 2.75) is 239 Å². The predicted octanol–water partition coefficient (Wildman–Crippen LogP) is 16.8. The van der Waals surface area contributed by atoms with Gasteiger partial charge in [0.15, 0.2) is 6.10 Å². The van der Waals surface area contributed by atoms with Gasteiger partial charge in [0.05, 0.1) is 0 Å². The molecule has 0 N–H and O–H groups in total. The van der Waals surface area contributed by atoms with Gasteiger partial charge in [-0.3, -0.25) is 14.4 Å². The average Bonchev–Trinajstić information content (AvgIpc) is 3.27. The van der Waals surface area contributed by atoms with Crippen molar-refractivity contribution in [2.24, 2.45) is 0 Å². The van der Waals surface area contributed by atoms with Gasteiger partial charge in [-0.2, -0.15) is 0 Å². The van der Waals surface area contributed by atoms with E-state index in [1.165, 1.54) is 83.5 Å². The van der Waals surface area contributed by atoms with Crippen molar-refractivity contribution >= 4 is 17.9 Å². The van der Waals surface area contributed by atoms with Crippen LogP contribution < -0.4 is 0 Å². The van der Waals surface area contributed by atoms with E-state index in [-0.39, 0.29) is 31.1 Å². The van der Waals surface area contributed by atoms with E-state index >= 15 is 0 Å². The van der Waals surface area contributed by atoms with E-state index in [1.807, 2.05) is 0 Å². The quantitative estimate of drug-likeness (QED) is 0.0263. The van der Waals surface area contributed by atoms with E-state index < -0.39 is 6.10 Å². The number of carbonyl (C=O) groups is 3. The molecular weight excluding hydrogens is 769 g/mol. The number of carbonyl (C=O) groups excluding carboxylic acids is 3. The van der Waals surface area contributed by atoms with Gasteiger partial charge in [0.25, 0.3) is 0 Å². The molecule has 0 saturated heterocycles. The first-order valence-electron chi connectivity index (χ1n) is 25.6. The van der Waals surface area contributed by atoms with E-state index in [2.05, 4.69) is 106 Å². The number of ether oxygens (including phenoxy) is 3. The molecule has 0 bridgehead atoms. The number of hydrogen-bond donors (Lipinski definition) is 0. The Kier molecular flexibility index (Phi) is 47.5. The van der Waals surface area contributed by atoms with Crippen molar-refractivity contribution in [2.75, 3.05) is 13.2 Å². The largest absolute Gasteiger partial charge is 0.462 e. The van der Waals surface area contributed by atoms with Crippen LogP contribution in [0.4, 0.5) is 0 Å². The normalized spacial score (nSPS) is 12.8. The minimum atomic E-state index is -0.800. The third-order valence-electron chi connectivity index (χ3n) is 10.6. The monoisotopic (exact) mass is 863 g/mol. The summed E-state index contributed by atoms with van der Waals surface area (Å²) in [4.78, 5) is 37.9. The zero-order valence-electron chi connectivity index (χ0n) is 40.4. The van der Waals surface area contributed by atoms with Gasteiger partial charge in [0.1, 0.15) is 13.2 Å². The van der Waals surface area contributed by atoms with Crippen molar-refractivity contribution in [1.82, 2.24) is 0 Å². The van der Waals surface area contributed by atoms with Crippen LogP contribution in [-0.2, 0) is 28.6 Å². The minimum absolute atomic E-state index is 0.101. The lowest BCUT2D eigenvalue weighted by Gasteiger charge is -2.18. The second-order valence-corrected chi connectivity index (χ2v) is 16.7. The van der Waals surface area contributed by atoms with Crippen LogP contribution in [0.1, 0.15) is 233 Å². The fourth-order valence-electron chi connectivity index (χ4n) is 6.79. The molecule has 0 saturated carbocycles. The van der Waals surface area contributed by atoms with Gasteiger partial charge in [0.2, 0.25) is 0 Å². The maximum absolute atomic E-state index is 12.8. The maximum atomic E-state index is 12.8. The van der Waals surface area contributed by atoms with E-state index in [0.29, 0.717) is 19.3 Å². The molecule has 0 radical (unpaired) electrons. The molecule has 6 nitrogen and oxygen atoms in total. The Morgan fingerprint density at radius 1 is 0.339 bits per heavy atom. The molecule has 6 heteroatoms. The third kappa shape index (κ3) is 47.6. The van der Waals surface area contributed by atoms with Crippen LogP contribution in [0.2, 0.25) is 0 Å². The maximum Gasteiger partial charge on any atom is 0.306 e. The van der Waals surface area contributed by atoms with Crippen LogP contribution in [0.15, 0.2) is 85.1 Å². The standard InChI is InChI=1S/C56H94O6/c1-4-7-10-13-16-19-22-25-27-28-30-32-35-37-40-43-46-49-55(58)61-52-53(62-56(59)50-47-44-41-38-33-24-21-18-15-12-9-6-3)51-60-54(57)48-45-42-39-36-34-31-29-26-23-20-17-14-11-8-5-2/h8,11,16-17,19-20,25-27,29-30,32,34,36,53H,4-7,9-10,12-15,18,21-24,28,31,33,35,37-52H2,1-3H3/b11-8-,19-16-,20-17-,27-25-,29-26-,32-30-,36-34-/t53-/m1/s1.